The Morgan fingerprint density at radius 2 is 1.69 bits per heavy atom. The highest BCUT2D eigenvalue weighted by Gasteiger charge is 2.33. The third-order valence-corrected chi connectivity index (χ3v) is 5.29. The molecular formula is C20H15F3N6O2S. The van der Waals surface area contributed by atoms with Crippen LogP contribution >= 0.6 is 11.3 Å². The van der Waals surface area contributed by atoms with Gasteiger partial charge in [-0.3, -0.25) is 20.1 Å². The Bertz CT molecular complexity index is 1340. The average molecular weight is 460 g/mol. The zero-order chi connectivity index (χ0) is 23.0. The molecule has 0 aromatic carbocycles. The fraction of sp³-hybridized carbons (Fsp3) is 0.200. The van der Waals surface area contributed by atoms with E-state index in [2.05, 4.69) is 30.2 Å². The van der Waals surface area contributed by atoms with Gasteiger partial charge in [-0.05, 0) is 26.0 Å². The number of ether oxygens (including phenoxy) is 1. The summed E-state index contributed by atoms with van der Waals surface area (Å²) in [5.74, 6) is -0.0672. The van der Waals surface area contributed by atoms with Crippen LogP contribution in [0.15, 0.2) is 30.7 Å². The second-order valence-corrected chi connectivity index (χ2v) is 7.73. The van der Waals surface area contributed by atoms with E-state index in [9.17, 15) is 18.0 Å². The Labute approximate surface area is 183 Å². The van der Waals surface area contributed by atoms with Crippen molar-refractivity contribution in [1.29, 1.82) is 0 Å². The lowest BCUT2D eigenvalue weighted by Crippen LogP contribution is -2.14. The summed E-state index contributed by atoms with van der Waals surface area (Å²) in [7, 11) is 1.50. The first-order chi connectivity index (χ1) is 15.2. The van der Waals surface area contributed by atoms with Crippen LogP contribution < -0.4 is 10.1 Å². The number of hydrogen-bond donors (Lipinski definition) is 1. The van der Waals surface area contributed by atoms with Gasteiger partial charge in [0.2, 0.25) is 0 Å². The first-order valence-electron chi connectivity index (χ1n) is 9.15. The maximum absolute atomic E-state index is 13.0. The number of thiazole rings is 1. The standard InChI is InChI=1S/C20H15F3N6O2S/c1-9-4-11(12-5-10(2)25-7-14(12)31-3)13(6-24-9)17(30)29-19-28-16-18(32-19)27-15(8-26-16)20(21,22)23/h4-8H,1-3H3,(H,26,28,29,30). The monoisotopic (exact) mass is 460 g/mol. The largest absolute Gasteiger partial charge is 0.494 e. The molecule has 0 fully saturated rings. The minimum absolute atomic E-state index is 0.00647. The van der Waals surface area contributed by atoms with Crippen LogP contribution in [0.2, 0.25) is 0 Å². The first-order valence-corrected chi connectivity index (χ1v) is 9.97. The van der Waals surface area contributed by atoms with Gasteiger partial charge < -0.3 is 4.74 Å². The lowest BCUT2D eigenvalue weighted by molar-refractivity contribution is -0.141. The molecular weight excluding hydrogens is 445 g/mol. The molecule has 0 radical (unpaired) electrons. The Balaban J connectivity index is 1.71. The van der Waals surface area contributed by atoms with Crippen LogP contribution in [0.25, 0.3) is 21.6 Å². The van der Waals surface area contributed by atoms with E-state index >= 15 is 0 Å². The number of methoxy groups -OCH3 is 1. The number of aromatic nitrogens is 5. The van der Waals surface area contributed by atoms with Gasteiger partial charge in [-0.15, -0.1) is 0 Å². The van der Waals surface area contributed by atoms with E-state index in [1.165, 1.54) is 13.3 Å². The lowest BCUT2D eigenvalue weighted by Gasteiger charge is -2.13. The number of rotatable bonds is 4. The van der Waals surface area contributed by atoms with Crippen molar-refractivity contribution in [2.45, 2.75) is 20.0 Å². The Morgan fingerprint density at radius 1 is 1.00 bits per heavy atom. The van der Waals surface area contributed by atoms with Crippen molar-refractivity contribution >= 4 is 32.9 Å². The van der Waals surface area contributed by atoms with Crippen molar-refractivity contribution < 1.29 is 22.7 Å². The number of fused-ring (bicyclic) bond motifs is 1. The maximum Gasteiger partial charge on any atom is 0.434 e. The second-order valence-electron chi connectivity index (χ2n) is 6.75. The molecule has 0 spiro atoms. The Kier molecular flexibility index (Phi) is 5.46. The summed E-state index contributed by atoms with van der Waals surface area (Å²) in [6, 6.07) is 3.53. The van der Waals surface area contributed by atoms with Crippen LogP contribution in [0.4, 0.5) is 18.3 Å². The van der Waals surface area contributed by atoms with Crippen LogP contribution in [0.1, 0.15) is 27.4 Å². The van der Waals surface area contributed by atoms with Gasteiger partial charge in [-0.1, -0.05) is 11.3 Å². The number of carbonyl (C=O) groups excluding carboxylic acids is 1. The molecule has 4 aromatic rings. The van der Waals surface area contributed by atoms with E-state index in [-0.39, 0.29) is 21.2 Å². The number of carbonyl (C=O) groups is 1. The van der Waals surface area contributed by atoms with Gasteiger partial charge >= 0.3 is 6.18 Å². The third-order valence-electron chi connectivity index (χ3n) is 4.43. The smallest absolute Gasteiger partial charge is 0.434 e. The van der Waals surface area contributed by atoms with Crippen molar-refractivity contribution in [2.75, 3.05) is 12.4 Å². The number of hydrogen-bond acceptors (Lipinski definition) is 8. The minimum atomic E-state index is -4.63. The number of anilines is 1. The molecule has 0 aliphatic rings. The van der Waals surface area contributed by atoms with E-state index in [4.69, 9.17) is 4.74 Å². The number of pyridine rings is 2. The molecule has 1 N–H and O–H groups in total. The summed E-state index contributed by atoms with van der Waals surface area (Å²) in [4.78, 5) is 32.7. The van der Waals surface area contributed by atoms with Gasteiger partial charge in [0.1, 0.15) is 5.75 Å². The van der Waals surface area contributed by atoms with E-state index in [1.54, 1.807) is 25.3 Å². The van der Waals surface area contributed by atoms with E-state index in [0.29, 0.717) is 28.8 Å². The average Bonchev–Trinajstić information content (AvgIpc) is 3.14. The zero-order valence-electron chi connectivity index (χ0n) is 17.0. The molecule has 0 unspecified atom stereocenters. The third kappa shape index (κ3) is 4.21. The van der Waals surface area contributed by atoms with E-state index in [0.717, 1.165) is 17.0 Å². The molecule has 164 valence electrons. The van der Waals surface area contributed by atoms with Crippen LogP contribution in [-0.2, 0) is 6.18 Å². The summed E-state index contributed by atoms with van der Waals surface area (Å²) in [6.45, 7) is 3.60. The molecule has 0 atom stereocenters. The van der Waals surface area contributed by atoms with Gasteiger partial charge in [-0.25, -0.2) is 9.97 Å². The summed E-state index contributed by atoms with van der Waals surface area (Å²) in [6.07, 6.45) is -1.04. The quantitative estimate of drug-likeness (QED) is 0.480. The van der Waals surface area contributed by atoms with Crippen LogP contribution in [0.5, 0.6) is 5.75 Å². The molecule has 4 aromatic heterocycles. The van der Waals surface area contributed by atoms with Crippen molar-refractivity contribution in [3.8, 4) is 16.9 Å². The first kappa shape index (κ1) is 21.6. The van der Waals surface area contributed by atoms with E-state index in [1.807, 2.05) is 6.92 Å². The van der Waals surface area contributed by atoms with Crippen molar-refractivity contribution in [1.82, 2.24) is 24.9 Å². The molecule has 1 amide bonds. The number of halogens is 3. The number of amides is 1. The normalized spacial score (nSPS) is 11.6. The second kappa shape index (κ2) is 8.11. The fourth-order valence-electron chi connectivity index (χ4n) is 2.96. The molecule has 32 heavy (non-hydrogen) atoms. The maximum atomic E-state index is 13.0. The number of aryl methyl sites for hydroxylation is 2. The van der Waals surface area contributed by atoms with Gasteiger partial charge in [0, 0.05) is 28.7 Å². The molecule has 8 nitrogen and oxygen atoms in total. The van der Waals surface area contributed by atoms with Gasteiger partial charge in [-0.2, -0.15) is 18.2 Å². The number of nitrogens with zero attached hydrogens (tertiary/aromatic N) is 5. The molecule has 0 bridgehead atoms. The molecule has 4 heterocycles. The van der Waals surface area contributed by atoms with Crippen LogP contribution in [0, 0.1) is 13.8 Å². The summed E-state index contributed by atoms with van der Waals surface area (Å²) < 4.78 is 44.0. The molecule has 12 heteroatoms. The minimum Gasteiger partial charge on any atom is -0.494 e. The molecule has 0 saturated carbocycles. The summed E-state index contributed by atoms with van der Waals surface area (Å²) in [5.41, 5.74) is 1.73. The Morgan fingerprint density at radius 3 is 2.38 bits per heavy atom. The topological polar surface area (TPSA) is 103 Å². The van der Waals surface area contributed by atoms with E-state index < -0.39 is 17.8 Å². The predicted molar refractivity (Wildman–Crippen MR) is 112 cm³/mol. The summed E-state index contributed by atoms with van der Waals surface area (Å²) >= 11 is 0.794. The van der Waals surface area contributed by atoms with Crippen molar-refractivity contribution in [3.63, 3.8) is 0 Å². The molecule has 0 aliphatic heterocycles. The van der Waals surface area contributed by atoms with Gasteiger partial charge in [0.25, 0.3) is 5.91 Å². The van der Waals surface area contributed by atoms with Crippen molar-refractivity contribution in [3.05, 3.63) is 53.4 Å². The lowest BCUT2D eigenvalue weighted by atomic mass is 9.99. The van der Waals surface area contributed by atoms with Crippen molar-refractivity contribution in [2.24, 2.45) is 0 Å². The highest BCUT2D eigenvalue weighted by Crippen LogP contribution is 2.34. The highest BCUT2D eigenvalue weighted by molar-refractivity contribution is 7.21. The highest BCUT2D eigenvalue weighted by atomic mass is 32.1. The van der Waals surface area contributed by atoms with Crippen LogP contribution in [0.3, 0.4) is 0 Å². The van der Waals surface area contributed by atoms with Gasteiger partial charge in [0.15, 0.2) is 21.3 Å². The zero-order valence-corrected chi connectivity index (χ0v) is 17.8. The van der Waals surface area contributed by atoms with Crippen LogP contribution in [-0.4, -0.2) is 37.9 Å². The number of nitrogens with one attached hydrogen (secondary N) is 1. The predicted octanol–water partition coefficient (Wildman–Crippen LogP) is 4.44. The fourth-order valence-corrected chi connectivity index (χ4v) is 3.75. The Hall–Kier alpha value is -3.67. The summed E-state index contributed by atoms with van der Waals surface area (Å²) in [5, 5.41) is 2.66. The number of alkyl halides is 3. The SMILES string of the molecule is COc1cnc(C)cc1-c1cc(C)ncc1C(=O)Nc1nc2ncc(C(F)(F)F)nc2s1. The molecule has 4 rings (SSSR count). The van der Waals surface area contributed by atoms with Gasteiger partial charge in [0.05, 0.1) is 25.1 Å². The molecule has 0 aliphatic carbocycles. The molecule has 0 saturated heterocycles.